The maximum atomic E-state index is 11.6. The van der Waals surface area contributed by atoms with Crippen LogP contribution >= 0.6 is 0 Å². The first-order valence-electron chi connectivity index (χ1n) is 9.94. The molecule has 0 atom stereocenters. The van der Waals surface area contributed by atoms with Crippen molar-refractivity contribution in [2.75, 3.05) is 6.61 Å². The Morgan fingerprint density at radius 2 is 1.96 bits per heavy atom. The summed E-state index contributed by atoms with van der Waals surface area (Å²) in [5.74, 6) is 2.41. The summed E-state index contributed by atoms with van der Waals surface area (Å²) < 4.78 is 11.9. The van der Waals surface area contributed by atoms with E-state index >= 15 is 0 Å². The van der Waals surface area contributed by atoms with Crippen LogP contribution in [-0.4, -0.2) is 17.9 Å². The summed E-state index contributed by atoms with van der Waals surface area (Å²) in [6.07, 6.45) is 6.28. The highest BCUT2D eigenvalue weighted by molar-refractivity contribution is 5.77. The van der Waals surface area contributed by atoms with Crippen molar-refractivity contribution in [3.05, 3.63) is 53.2 Å². The molecule has 1 aliphatic rings. The first kappa shape index (κ1) is 19.4. The molecule has 3 rings (SSSR count). The van der Waals surface area contributed by atoms with Crippen molar-refractivity contribution in [2.24, 2.45) is 11.8 Å². The van der Waals surface area contributed by atoms with Crippen molar-refractivity contribution in [1.82, 2.24) is 4.98 Å². The lowest BCUT2D eigenvalue weighted by molar-refractivity contribution is 0.112. The molecule has 0 saturated heterocycles. The van der Waals surface area contributed by atoms with Crippen molar-refractivity contribution >= 4 is 6.29 Å². The van der Waals surface area contributed by atoms with Crippen molar-refractivity contribution in [3.63, 3.8) is 0 Å². The van der Waals surface area contributed by atoms with E-state index in [2.05, 4.69) is 18.8 Å². The molecule has 0 amide bonds. The second kappa shape index (κ2) is 9.54. The average Bonchev–Trinajstić information content (AvgIpc) is 3.50. The Bertz CT molecular complexity index is 739. The summed E-state index contributed by atoms with van der Waals surface area (Å²) in [7, 11) is 0. The highest BCUT2D eigenvalue weighted by atomic mass is 16.5. The van der Waals surface area contributed by atoms with Gasteiger partial charge in [-0.3, -0.25) is 4.79 Å². The van der Waals surface area contributed by atoms with E-state index in [0.717, 1.165) is 42.7 Å². The van der Waals surface area contributed by atoms with Crippen LogP contribution in [0.3, 0.4) is 0 Å². The molecule has 1 aromatic carbocycles. The normalized spacial score (nSPS) is 13.6. The molecule has 4 nitrogen and oxygen atoms in total. The Labute approximate surface area is 161 Å². The van der Waals surface area contributed by atoms with Gasteiger partial charge in [0.05, 0.1) is 12.3 Å². The fourth-order valence-electron chi connectivity index (χ4n) is 2.93. The minimum absolute atomic E-state index is 0.422. The molecule has 1 heterocycles. The number of hydrogen-bond donors (Lipinski definition) is 0. The number of aldehydes is 1. The number of rotatable bonds is 11. The number of pyridine rings is 1. The minimum atomic E-state index is 0.422. The summed E-state index contributed by atoms with van der Waals surface area (Å²) in [6, 6.07) is 11.7. The Kier molecular flexibility index (Phi) is 6.86. The quantitative estimate of drug-likeness (QED) is 0.510. The number of hydrogen-bond acceptors (Lipinski definition) is 4. The van der Waals surface area contributed by atoms with E-state index in [0.29, 0.717) is 36.3 Å². The van der Waals surface area contributed by atoms with Crippen molar-refractivity contribution in [2.45, 2.75) is 52.6 Å². The van der Waals surface area contributed by atoms with Gasteiger partial charge >= 0.3 is 0 Å². The fraction of sp³-hybridized carbons (Fsp3) is 0.478. The van der Waals surface area contributed by atoms with Gasteiger partial charge in [-0.2, -0.15) is 0 Å². The van der Waals surface area contributed by atoms with Gasteiger partial charge in [0, 0.05) is 5.56 Å². The molecule has 1 fully saturated rings. The molecule has 1 saturated carbocycles. The van der Waals surface area contributed by atoms with Crippen LogP contribution in [0.5, 0.6) is 11.6 Å². The first-order valence-corrected chi connectivity index (χ1v) is 9.94. The van der Waals surface area contributed by atoms with Gasteiger partial charge in [0.2, 0.25) is 0 Å². The molecule has 0 aliphatic heterocycles. The second-order valence-electron chi connectivity index (χ2n) is 7.73. The molecular formula is C23H29NO3. The summed E-state index contributed by atoms with van der Waals surface area (Å²) >= 11 is 0. The lowest BCUT2D eigenvalue weighted by atomic mass is 10.0. The van der Waals surface area contributed by atoms with Crippen LogP contribution in [-0.2, 0) is 13.0 Å². The molecule has 27 heavy (non-hydrogen) atoms. The number of nitrogens with zero attached hydrogens (tertiary/aromatic N) is 1. The number of ether oxygens (including phenoxy) is 2. The van der Waals surface area contributed by atoms with Crippen LogP contribution < -0.4 is 9.47 Å². The Morgan fingerprint density at radius 3 is 2.63 bits per heavy atom. The number of aromatic nitrogens is 1. The third-order valence-corrected chi connectivity index (χ3v) is 4.85. The zero-order chi connectivity index (χ0) is 19.1. The zero-order valence-electron chi connectivity index (χ0n) is 16.3. The van der Waals surface area contributed by atoms with Crippen LogP contribution in [0.4, 0.5) is 0 Å². The van der Waals surface area contributed by atoms with Gasteiger partial charge in [-0.15, -0.1) is 0 Å². The van der Waals surface area contributed by atoms with Gasteiger partial charge in [0.15, 0.2) is 12.0 Å². The largest absolute Gasteiger partial charge is 0.483 e. The van der Waals surface area contributed by atoms with E-state index in [9.17, 15) is 4.79 Å². The number of carbonyl (C=O) groups excluding carboxylic acids is 1. The molecule has 4 heteroatoms. The molecule has 0 unspecified atom stereocenters. The molecule has 0 radical (unpaired) electrons. The molecule has 2 aromatic rings. The number of carbonyl (C=O) groups is 1. The fourth-order valence-corrected chi connectivity index (χ4v) is 2.93. The third kappa shape index (κ3) is 6.09. The maximum Gasteiger partial charge on any atom is 0.257 e. The van der Waals surface area contributed by atoms with Crippen LogP contribution in [0, 0.1) is 11.8 Å². The predicted molar refractivity (Wildman–Crippen MR) is 106 cm³/mol. The molecule has 1 aromatic heterocycles. The van der Waals surface area contributed by atoms with E-state index in [4.69, 9.17) is 9.47 Å². The zero-order valence-corrected chi connectivity index (χ0v) is 16.3. The van der Waals surface area contributed by atoms with Crippen molar-refractivity contribution in [1.29, 1.82) is 0 Å². The Balaban J connectivity index is 1.77. The molecular weight excluding hydrogens is 338 g/mol. The lowest BCUT2D eigenvalue weighted by Crippen LogP contribution is -2.08. The molecule has 0 bridgehead atoms. The summed E-state index contributed by atoms with van der Waals surface area (Å²) in [4.78, 5) is 16.3. The van der Waals surface area contributed by atoms with Gasteiger partial charge < -0.3 is 9.47 Å². The van der Waals surface area contributed by atoms with Gasteiger partial charge in [-0.05, 0) is 42.7 Å². The molecule has 0 N–H and O–H groups in total. The number of benzene rings is 1. The van der Waals surface area contributed by atoms with Gasteiger partial charge in [-0.1, -0.05) is 57.0 Å². The van der Waals surface area contributed by atoms with Crippen LogP contribution in [0.25, 0.3) is 0 Å². The van der Waals surface area contributed by atoms with E-state index in [1.54, 1.807) is 6.07 Å². The highest BCUT2D eigenvalue weighted by Crippen LogP contribution is 2.34. The number of aryl methyl sites for hydroxylation is 1. The van der Waals surface area contributed by atoms with Crippen LogP contribution in [0.2, 0.25) is 0 Å². The monoisotopic (exact) mass is 367 g/mol. The van der Waals surface area contributed by atoms with Crippen LogP contribution in [0.1, 0.15) is 61.1 Å². The minimum Gasteiger partial charge on any atom is -0.483 e. The SMILES string of the molecule is CC(C)CCc1nc(OCCC2CC2)c(OCc2ccccc2)cc1C=O. The van der Waals surface area contributed by atoms with Crippen molar-refractivity contribution in [3.8, 4) is 11.6 Å². The lowest BCUT2D eigenvalue weighted by Gasteiger charge is -2.15. The highest BCUT2D eigenvalue weighted by Gasteiger charge is 2.22. The predicted octanol–water partition coefficient (Wildman–Crippen LogP) is 5.24. The first-order chi connectivity index (χ1) is 13.2. The van der Waals surface area contributed by atoms with Crippen molar-refractivity contribution < 1.29 is 14.3 Å². The average molecular weight is 367 g/mol. The molecule has 1 aliphatic carbocycles. The van der Waals surface area contributed by atoms with E-state index in [-0.39, 0.29) is 0 Å². The summed E-state index contributed by atoms with van der Waals surface area (Å²) in [5.41, 5.74) is 2.46. The topological polar surface area (TPSA) is 48.4 Å². The van der Waals surface area contributed by atoms with Gasteiger partial charge in [-0.25, -0.2) is 4.98 Å². The summed E-state index contributed by atoms with van der Waals surface area (Å²) in [6.45, 7) is 5.41. The van der Waals surface area contributed by atoms with E-state index < -0.39 is 0 Å². The maximum absolute atomic E-state index is 11.6. The van der Waals surface area contributed by atoms with E-state index in [1.807, 2.05) is 30.3 Å². The van der Waals surface area contributed by atoms with Gasteiger partial charge in [0.25, 0.3) is 5.88 Å². The third-order valence-electron chi connectivity index (χ3n) is 4.85. The van der Waals surface area contributed by atoms with Gasteiger partial charge in [0.1, 0.15) is 6.61 Å². The standard InChI is InChI=1S/C23H29NO3/c1-17(2)8-11-21-20(15-25)14-22(27-16-19-6-4-3-5-7-19)23(24-21)26-13-12-18-9-10-18/h3-7,14-15,17-18H,8-13,16H2,1-2H3. The molecule has 144 valence electrons. The molecule has 0 spiro atoms. The Hall–Kier alpha value is -2.36. The summed E-state index contributed by atoms with van der Waals surface area (Å²) in [5, 5.41) is 0. The van der Waals surface area contributed by atoms with Crippen LogP contribution in [0.15, 0.2) is 36.4 Å². The Morgan fingerprint density at radius 1 is 1.19 bits per heavy atom. The smallest absolute Gasteiger partial charge is 0.257 e. The second-order valence-corrected chi connectivity index (χ2v) is 7.73. The van der Waals surface area contributed by atoms with E-state index in [1.165, 1.54) is 12.8 Å².